The molecule has 1 saturated heterocycles. The Labute approximate surface area is 199 Å². The molecule has 0 bridgehead atoms. The number of carboxylic acid groups (broad SMARTS) is 1. The van der Waals surface area contributed by atoms with E-state index in [4.69, 9.17) is 24.1 Å². The fourth-order valence-electron chi connectivity index (χ4n) is 4.68. The standard InChI is InChI=1S/C28H28O6/c1-18-5-6-21(33-22-13-14-31-16-22)15-26(18)23-3-2-4-25-24(23)11-12-27(25)34-20-9-7-19(8-10-20)32-17-28(29)30/h2-10,15,22,27H,11-14,16-17H2,1H3,(H,29,30)/t22-,27+/m0/s1. The lowest BCUT2D eigenvalue weighted by molar-refractivity contribution is -0.139. The van der Waals surface area contributed by atoms with Crippen molar-refractivity contribution in [2.75, 3.05) is 19.8 Å². The molecule has 176 valence electrons. The first-order valence-corrected chi connectivity index (χ1v) is 11.7. The van der Waals surface area contributed by atoms with Crippen LogP contribution in [0.3, 0.4) is 0 Å². The summed E-state index contributed by atoms with van der Waals surface area (Å²) in [6.45, 7) is 3.18. The summed E-state index contributed by atoms with van der Waals surface area (Å²) in [4.78, 5) is 10.7. The number of carboxylic acids is 1. The minimum atomic E-state index is -1.00. The Morgan fingerprint density at radius 1 is 0.971 bits per heavy atom. The lowest BCUT2D eigenvalue weighted by Gasteiger charge is -2.18. The number of aliphatic carboxylic acids is 1. The molecule has 2 aliphatic rings. The number of hydrogen-bond acceptors (Lipinski definition) is 5. The van der Waals surface area contributed by atoms with Crippen LogP contribution in [0.5, 0.6) is 17.2 Å². The highest BCUT2D eigenvalue weighted by molar-refractivity contribution is 5.74. The van der Waals surface area contributed by atoms with Crippen molar-refractivity contribution in [2.45, 2.75) is 38.4 Å². The van der Waals surface area contributed by atoms with Crippen molar-refractivity contribution in [1.29, 1.82) is 0 Å². The number of hydrogen-bond donors (Lipinski definition) is 1. The Bertz CT molecular complexity index is 1160. The molecule has 3 aromatic rings. The number of carbonyl (C=O) groups is 1. The molecular weight excluding hydrogens is 432 g/mol. The van der Waals surface area contributed by atoms with Crippen LogP contribution in [0.2, 0.25) is 0 Å². The van der Waals surface area contributed by atoms with Crippen LogP contribution in [0.4, 0.5) is 0 Å². The minimum Gasteiger partial charge on any atom is -0.488 e. The van der Waals surface area contributed by atoms with Gasteiger partial charge in [0.25, 0.3) is 0 Å². The number of aryl methyl sites for hydroxylation is 1. The van der Waals surface area contributed by atoms with Gasteiger partial charge in [-0.25, -0.2) is 4.79 Å². The zero-order chi connectivity index (χ0) is 23.5. The molecule has 0 radical (unpaired) electrons. The number of fused-ring (bicyclic) bond motifs is 1. The highest BCUT2D eigenvalue weighted by Gasteiger charge is 2.27. The quantitative estimate of drug-likeness (QED) is 0.488. The van der Waals surface area contributed by atoms with Crippen molar-refractivity contribution < 1.29 is 28.8 Å². The molecule has 5 rings (SSSR count). The first kappa shape index (κ1) is 22.3. The van der Waals surface area contributed by atoms with Gasteiger partial charge in [-0.1, -0.05) is 24.3 Å². The second-order valence-electron chi connectivity index (χ2n) is 8.75. The fraction of sp³-hybridized carbons (Fsp3) is 0.321. The third-order valence-electron chi connectivity index (χ3n) is 6.37. The van der Waals surface area contributed by atoms with Crippen LogP contribution in [-0.2, 0) is 16.0 Å². The monoisotopic (exact) mass is 460 g/mol. The molecular formula is C28H28O6. The van der Waals surface area contributed by atoms with E-state index < -0.39 is 5.97 Å². The average Bonchev–Trinajstić information content (AvgIpc) is 3.50. The van der Waals surface area contributed by atoms with E-state index in [-0.39, 0.29) is 18.8 Å². The molecule has 0 saturated carbocycles. The van der Waals surface area contributed by atoms with Gasteiger partial charge in [0, 0.05) is 6.42 Å². The zero-order valence-electron chi connectivity index (χ0n) is 19.2. The molecule has 0 amide bonds. The summed E-state index contributed by atoms with van der Waals surface area (Å²) in [6.07, 6.45) is 2.86. The smallest absolute Gasteiger partial charge is 0.341 e. The highest BCUT2D eigenvalue weighted by Crippen LogP contribution is 2.41. The van der Waals surface area contributed by atoms with Crippen LogP contribution in [0.1, 0.15) is 35.6 Å². The Morgan fingerprint density at radius 3 is 2.53 bits per heavy atom. The van der Waals surface area contributed by atoms with E-state index in [1.54, 1.807) is 12.1 Å². The summed E-state index contributed by atoms with van der Waals surface area (Å²) in [5, 5.41) is 8.75. The molecule has 34 heavy (non-hydrogen) atoms. The lowest BCUT2D eigenvalue weighted by Crippen LogP contribution is -2.15. The fourth-order valence-corrected chi connectivity index (χ4v) is 4.68. The van der Waals surface area contributed by atoms with E-state index in [1.165, 1.54) is 27.8 Å². The molecule has 1 N–H and O–H groups in total. The van der Waals surface area contributed by atoms with Gasteiger partial charge >= 0.3 is 5.97 Å². The van der Waals surface area contributed by atoms with Crippen LogP contribution < -0.4 is 14.2 Å². The van der Waals surface area contributed by atoms with E-state index >= 15 is 0 Å². The minimum absolute atomic E-state index is 0.0314. The molecule has 6 heteroatoms. The lowest BCUT2D eigenvalue weighted by atomic mass is 9.93. The van der Waals surface area contributed by atoms with Gasteiger partial charge in [0.1, 0.15) is 29.5 Å². The molecule has 0 aromatic heterocycles. The van der Waals surface area contributed by atoms with Gasteiger partial charge in [-0.2, -0.15) is 0 Å². The largest absolute Gasteiger partial charge is 0.488 e. The zero-order valence-corrected chi connectivity index (χ0v) is 19.2. The third kappa shape index (κ3) is 4.87. The second-order valence-corrected chi connectivity index (χ2v) is 8.75. The van der Waals surface area contributed by atoms with Gasteiger partial charge in [0.05, 0.1) is 13.2 Å². The Kier molecular flexibility index (Phi) is 6.41. The summed E-state index contributed by atoms with van der Waals surface area (Å²) in [6, 6.07) is 19.8. The molecule has 1 aliphatic heterocycles. The molecule has 1 aliphatic carbocycles. The van der Waals surface area contributed by atoms with Crippen LogP contribution in [0.15, 0.2) is 60.7 Å². The third-order valence-corrected chi connectivity index (χ3v) is 6.37. The normalized spacial score (nSPS) is 19.0. The van der Waals surface area contributed by atoms with Gasteiger partial charge in [-0.05, 0) is 84.0 Å². The van der Waals surface area contributed by atoms with Gasteiger partial charge in [-0.3, -0.25) is 0 Å². The maximum Gasteiger partial charge on any atom is 0.341 e. The summed E-state index contributed by atoms with van der Waals surface area (Å²) < 4.78 is 23.1. The Morgan fingerprint density at radius 2 is 1.76 bits per heavy atom. The van der Waals surface area contributed by atoms with Crippen molar-refractivity contribution in [3.05, 3.63) is 77.4 Å². The highest BCUT2D eigenvalue weighted by atomic mass is 16.5. The van der Waals surface area contributed by atoms with Crippen molar-refractivity contribution in [3.63, 3.8) is 0 Å². The molecule has 3 aromatic carbocycles. The van der Waals surface area contributed by atoms with E-state index in [1.807, 2.05) is 18.2 Å². The topological polar surface area (TPSA) is 74.2 Å². The average molecular weight is 461 g/mol. The van der Waals surface area contributed by atoms with Crippen molar-refractivity contribution in [3.8, 4) is 28.4 Å². The van der Waals surface area contributed by atoms with E-state index in [0.717, 1.165) is 37.4 Å². The van der Waals surface area contributed by atoms with Crippen LogP contribution in [0.25, 0.3) is 11.1 Å². The second kappa shape index (κ2) is 9.77. The first-order chi connectivity index (χ1) is 16.6. The summed E-state index contributed by atoms with van der Waals surface area (Å²) in [7, 11) is 0. The van der Waals surface area contributed by atoms with Crippen LogP contribution >= 0.6 is 0 Å². The van der Waals surface area contributed by atoms with Crippen molar-refractivity contribution >= 4 is 5.97 Å². The van der Waals surface area contributed by atoms with Crippen LogP contribution in [0, 0.1) is 6.92 Å². The molecule has 1 heterocycles. The van der Waals surface area contributed by atoms with E-state index in [9.17, 15) is 4.79 Å². The number of benzene rings is 3. The van der Waals surface area contributed by atoms with E-state index in [0.29, 0.717) is 12.4 Å². The van der Waals surface area contributed by atoms with Gasteiger partial charge < -0.3 is 24.1 Å². The summed E-state index contributed by atoms with van der Waals surface area (Å²) >= 11 is 0. The predicted octanol–water partition coefficient (Wildman–Crippen LogP) is 5.36. The molecule has 2 atom stereocenters. The van der Waals surface area contributed by atoms with Crippen LogP contribution in [-0.4, -0.2) is 37.0 Å². The van der Waals surface area contributed by atoms with Gasteiger partial charge in [0.15, 0.2) is 6.61 Å². The molecule has 0 unspecified atom stereocenters. The summed E-state index contributed by atoms with van der Waals surface area (Å²) in [5.74, 6) is 1.12. The number of rotatable bonds is 8. The first-order valence-electron chi connectivity index (χ1n) is 11.7. The SMILES string of the molecule is Cc1ccc(O[C@H]2CCOC2)cc1-c1cccc2c1CC[C@H]2Oc1ccc(OCC(=O)O)cc1. The maximum atomic E-state index is 10.7. The molecule has 1 fully saturated rings. The number of ether oxygens (including phenoxy) is 4. The van der Waals surface area contributed by atoms with Crippen molar-refractivity contribution in [2.24, 2.45) is 0 Å². The van der Waals surface area contributed by atoms with Gasteiger partial charge in [0.2, 0.25) is 0 Å². The Balaban J connectivity index is 1.34. The molecule has 6 nitrogen and oxygen atoms in total. The van der Waals surface area contributed by atoms with E-state index in [2.05, 4.69) is 37.3 Å². The predicted molar refractivity (Wildman–Crippen MR) is 128 cm³/mol. The summed E-state index contributed by atoms with van der Waals surface area (Å²) in [5.41, 5.74) is 6.15. The molecule has 0 spiro atoms. The van der Waals surface area contributed by atoms with Crippen molar-refractivity contribution in [1.82, 2.24) is 0 Å². The maximum absolute atomic E-state index is 10.7. The van der Waals surface area contributed by atoms with Gasteiger partial charge in [-0.15, -0.1) is 0 Å². The Hall–Kier alpha value is -3.51.